The van der Waals surface area contributed by atoms with Crippen LogP contribution in [-0.2, 0) is 32.6 Å². The molecule has 2 amide bonds. The molecule has 0 radical (unpaired) electrons. The fourth-order valence-corrected chi connectivity index (χ4v) is 6.47. The van der Waals surface area contributed by atoms with Gasteiger partial charge in [-0.1, -0.05) is 97.4 Å². The quantitative estimate of drug-likeness (QED) is 0.185. The molecule has 0 unspecified atom stereocenters. The standard InChI is InChI=1S/C35H38ClN3O4S/c1-4-27(3)37-35(41)33(23-28-14-7-5-8-15-28)38(24-29-16-9-6-10-17-29)34(40)25-39(32-18-12-11-13-26(32)2)44(42,43)31-21-19-30(36)20-22-31/h5-22,27,33H,4,23-25H2,1-3H3,(H,37,41)/t27-,33-/m1/s1. The first-order chi connectivity index (χ1) is 21.1. The molecule has 7 nitrogen and oxygen atoms in total. The highest BCUT2D eigenvalue weighted by atomic mass is 35.5. The smallest absolute Gasteiger partial charge is 0.264 e. The van der Waals surface area contributed by atoms with Crippen LogP contribution >= 0.6 is 11.6 Å². The second-order valence-corrected chi connectivity index (χ2v) is 13.1. The number of nitrogens with zero attached hydrogens (tertiary/aromatic N) is 2. The molecule has 0 aliphatic heterocycles. The third-order valence-corrected chi connectivity index (χ3v) is 9.56. The maximum atomic E-state index is 14.5. The molecule has 0 heterocycles. The van der Waals surface area contributed by atoms with Crippen molar-refractivity contribution in [2.75, 3.05) is 10.8 Å². The summed E-state index contributed by atoms with van der Waals surface area (Å²) in [5.74, 6) is -0.801. The van der Waals surface area contributed by atoms with E-state index >= 15 is 0 Å². The molecule has 0 spiro atoms. The Morgan fingerprint density at radius 1 is 0.818 bits per heavy atom. The number of sulfonamides is 1. The molecular formula is C35H38ClN3O4S. The second-order valence-electron chi connectivity index (χ2n) is 10.8. The van der Waals surface area contributed by atoms with Crippen LogP contribution < -0.4 is 9.62 Å². The zero-order chi connectivity index (χ0) is 31.7. The lowest BCUT2D eigenvalue weighted by molar-refractivity contribution is -0.140. The van der Waals surface area contributed by atoms with Gasteiger partial charge in [0.05, 0.1) is 10.6 Å². The Balaban J connectivity index is 1.80. The molecule has 0 saturated carbocycles. The minimum absolute atomic E-state index is 0.00270. The Morgan fingerprint density at radius 2 is 1.39 bits per heavy atom. The average molecular weight is 632 g/mol. The molecule has 0 aromatic heterocycles. The molecule has 230 valence electrons. The van der Waals surface area contributed by atoms with Gasteiger partial charge in [-0.2, -0.15) is 0 Å². The number of halogens is 1. The number of carbonyl (C=O) groups excluding carboxylic acids is 2. The van der Waals surface area contributed by atoms with Crippen molar-refractivity contribution in [3.8, 4) is 0 Å². The van der Waals surface area contributed by atoms with E-state index < -0.39 is 28.5 Å². The number of hydrogen-bond acceptors (Lipinski definition) is 4. The first-order valence-electron chi connectivity index (χ1n) is 14.6. The van der Waals surface area contributed by atoms with Gasteiger partial charge in [-0.3, -0.25) is 13.9 Å². The normalized spacial score (nSPS) is 12.6. The molecule has 0 fully saturated rings. The largest absolute Gasteiger partial charge is 0.352 e. The summed E-state index contributed by atoms with van der Waals surface area (Å²) >= 11 is 6.06. The molecule has 0 bridgehead atoms. The summed E-state index contributed by atoms with van der Waals surface area (Å²) in [4.78, 5) is 29.9. The van der Waals surface area contributed by atoms with E-state index in [1.165, 1.54) is 29.2 Å². The van der Waals surface area contributed by atoms with Crippen LogP contribution in [0.1, 0.15) is 37.0 Å². The Bertz CT molecular complexity index is 1650. The fourth-order valence-electron chi connectivity index (χ4n) is 4.87. The van der Waals surface area contributed by atoms with Crippen molar-refractivity contribution in [2.45, 2.75) is 57.1 Å². The molecule has 9 heteroatoms. The van der Waals surface area contributed by atoms with Gasteiger partial charge in [0.2, 0.25) is 11.8 Å². The second kappa shape index (κ2) is 15.0. The topological polar surface area (TPSA) is 86.8 Å². The van der Waals surface area contributed by atoms with Crippen molar-refractivity contribution in [1.29, 1.82) is 0 Å². The van der Waals surface area contributed by atoms with E-state index in [-0.39, 0.29) is 29.8 Å². The lowest BCUT2D eigenvalue weighted by atomic mass is 10.0. The Morgan fingerprint density at radius 3 is 1.98 bits per heavy atom. The summed E-state index contributed by atoms with van der Waals surface area (Å²) < 4.78 is 29.4. The van der Waals surface area contributed by atoms with E-state index in [9.17, 15) is 18.0 Å². The van der Waals surface area contributed by atoms with Crippen LogP contribution in [0.4, 0.5) is 5.69 Å². The summed E-state index contributed by atoms with van der Waals surface area (Å²) in [6.45, 7) is 5.30. The Labute approximate surface area is 265 Å². The highest BCUT2D eigenvalue weighted by Crippen LogP contribution is 2.28. The summed E-state index contributed by atoms with van der Waals surface area (Å²) in [7, 11) is -4.20. The van der Waals surface area contributed by atoms with E-state index in [4.69, 9.17) is 11.6 Å². The minimum Gasteiger partial charge on any atom is -0.352 e. The number of aryl methyl sites for hydroxylation is 1. The molecule has 1 N–H and O–H groups in total. The predicted octanol–water partition coefficient (Wildman–Crippen LogP) is 6.40. The number of hydrogen-bond donors (Lipinski definition) is 1. The molecule has 0 aliphatic rings. The van der Waals surface area contributed by atoms with E-state index in [0.29, 0.717) is 16.3 Å². The first-order valence-corrected chi connectivity index (χ1v) is 16.4. The van der Waals surface area contributed by atoms with Gasteiger partial charge in [0, 0.05) is 24.0 Å². The maximum Gasteiger partial charge on any atom is 0.264 e. The number of carbonyl (C=O) groups is 2. The number of rotatable bonds is 13. The van der Waals surface area contributed by atoms with Crippen LogP contribution in [0.15, 0.2) is 114 Å². The van der Waals surface area contributed by atoms with Crippen LogP contribution in [0.5, 0.6) is 0 Å². The van der Waals surface area contributed by atoms with Gasteiger partial charge in [0.25, 0.3) is 10.0 Å². The molecule has 4 aromatic rings. The zero-order valence-electron chi connectivity index (χ0n) is 25.2. The van der Waals surface area contributed by atoms with Crippen molar-refractivity contribution in [2.24, 2.45) is 0 Å². The van der Waals surface area contributed by atoms with Gasteiger partial charge >= 0.3 is 0 Å². The minimum atomic E-state index is -4.20. The fraction of sp³-hybridized carbons (Fsp3) is 0.257. The lowest BCUT2D eigenvalue weighted by Crippen LogP contribution is -2.54. The molecular weight excluding hydrogens is 594 g/mol. The number of nitrogens with one attached hydrogen (secondary N) is 1. The van der Waals surface area contributed by atoms with Gasteiger partial charge in [-0.15, -0.1) is 0 Å². The van der Waals surface area contributed by atoms with E-state index in [1.54, 1.807) is 25.1 Å². The summed E-state index contributed by atoms with van der Waals surface area (Å²) in [5.41, 5.74) is 2.76. The van der Waals surface area contributed by atoms with Gasteiger partial charge in [0.1, 0.15) is 12.6 Å². The van der Waals surface area contributed by atoms with Crippen LogP contribution in [0.25, 0.3) is 0 Å². The van der Waals surface area contributed by atoms with Crippen LogP contribution in [0.3, 0.4) is 0 Å². The van der Waals surface area contributed by atoms with Gasteiger partial charge < -0.3 is 10.2 Å². The van der Waals surface area contributed by atoms with Gasteiger partial charge in [0.15, 0.2) is 0 Å². The van der Waals surface area contributed by atoms with Gasteiger partial charge in [-0.25, -0.2) is 8.42 Å². The molecule has 44 heavy (non-hydrogen) atoms. The van der Waals surface area contributed by atoms with Crippen molar-refractivity contribution in [3.63, 3.8) is 0 Å². The molecule has 4 rings (SSSR count). The van der Waals surface area contributed by atoms with Crippen molar-refractivity contribution >= 4 is 39.1 Å². The molecule has 4 aromatic carbocycles. The summed E-state index contributed by atoms with van der Waals surface area (Å²) in [6, 6.07) is 30.8. The number of benzene rings is 4. The monoisotopic (exact) mass is 631 g/mol. The Hall–Kier alpha value is -4.14. The van der Waals surface area contributed by atoms with E-state index in [2.05, 4.69) is 5.32 Å². The first kappa shape index (κ1) is 32.8. The summed E-state index contributed by atoms with van der Waals surface area (Å²) in [5, 5.41) is 3.45. The summed E-state index contributed by atoms with van der Waals surface area (Å²) in [6.07, 6.45) is 0.979. The zero-order valence-corrected chi connectivity index (χ0v) is 26.8. The highest BCUT2D eigenvalue weighted by Gasteiger charge is 2.35. The molecule has 0 saturated heterocycles. The van der Waals surface area contributed by atoms with Crippen LogP contribution in [0.2, 0.25) is 5.02 Å². The SMILES string of the molecule is CC[C@@H](C)NC(=O)[C@@H](Cc1ccccc1)N(Cc1ccccc1)C(=O)CN(c1ccccc1C)S(=O)(=O)c1ccc(Cl)cc1. The third kappa shape index (κ3) is 8.27. The Kier molecular flexibility index (Phi) is 11.2. The van der Waals surface area contributed by atoms with E-state index in [0.717, 1.165) is 21.9 Å². The number of anilines is 1. The van der Waals surface area contributed by atoms with E-state index in [1.807, 2.05) is 80.6 Å². The van der Waals surface area contributed by atoms with Gasteiger partial charge in [-0.05, 0) is 67.3 Å². The highest BCUT2D eigenvalue weighted by molar-refractivity contribution is 7.92. The predicted molar refractivity (Wildman–Crippen MR) is 176 cm³/mol. The number of amides is 2. The average Bonchev–Trinajstić information content (AvgIpc) is 3.03. The third-order valence-electron chi connectivity index (χ3n) is 7.53. The van der Waals surface area contributed by atoms with Crippen molar-refractivity contribution in [3.05, 3.63) is 131 Å². The van der Waals surface area contributed by atoms with Crippen LogP contribution in [-0.4, -0.2) is 43.8 Å². The van der Waals surface area contributed by atoms with Crippen molar-refractivity contribution < 1.29 is 18.0 Å². The number of para-hydroxylation sites is 1. The van der Waals surface area contributed by atoms with Crippen LogP contribution in [0, 0.1) is 6.92 Å². The molecule has 2 atom stereocenters. The maximum absolute atomic E-state index is 14.5. The van der Waals surface area contributed by atoms with Crippen molar-refractivity contribution in [1.82, 2.24) is 10.2 Å². The molecule has 0 aliphatic carbocycles. The lowest BCUT2D eigenvalue weighted by Gasteiger charge is -2.34.